The van der Waals surface area contributed by atoms with Gasteiger partial charge in [-0.2, -0.15) is 0 Å². The number of nitrogens with zero attached hydrogens (tertiary/aromatic N) is 3. The van der Waals surface area contributed by atoms with Crippen molar-refractivity contribution < 1.29 is 14.4 Å². The van der Waals surface area contributed by atoms with Crippen LogP contribution in [0.4, 0.5) is 15.6 Å². The molecule has 0 radical (unpaired) electrons. The van der Waals surface area contributed by atoms with Crippen molar-refractivity contribution in [3.63, 3.8) is 0 Å². The molecule has 148 valence electrons. The molecule has 3 N–H and O–H groups in total. The number of nitrogens with two attached hydrogens (primary N) is 1. The zero-order valence-electron chi connectivity index (χ0n) is 15.8. The molecule has 8 nitrogen and oxygen atoms in total. The molecule has 1 aromatic heterocycles. The van der Waals surface area contributed by atoms with Crippen molar-refractivity contribution in [2.24, 2.45) is 5.73 Å². The molecule has 0 unspecified atom stereocenters. The highest BCUT2D eigenvalue weighted by molar-refractivity contribution is 7.13. The Morgan fingerprint density at radius 1 is 1.25 bits per heavy atom. The molecule has 0 atom stereocenters. The number of carbonyl (C=O) groups excluding carboxylic acids is 3. The summed E-state index contributed by atoms with van der Waals surface area (Å²) in [7, 11) is 0. The number of primary amides is 1. The van der Waals surface area contributed by atoms with E-state index in [0.717, 1.165) is 5.69 Å². The largest absolute Gasteiger partial charge is 0.369 e. The van der Waals surface area contributed by atoms with Gasteiger partial charge < -0.3 is 16.0 Å². The van der Waals surface area contributed by atoms with Crippen molar-refractivity contribution in [3.05, 3.63) is 40.9 Å². The van der Waals surface area contributed by atoms with E-state index in [1.807, 2.05) is 24.3 Å². The summed E-state index contributed by atoms with van der Waals surface area (Å²) < 4.78 is 0. The second-order valence-corrected chi connectivity index (χ2v) is 7.80. The molecule has 9 heteroatoms. The number of aromatic nitrogens is 1. The highest BCUT2D eigenvalue weighted by Gasteiger charge is 2.31. The average molecular weight is 401 g/mol. The lowest BCUT2D eigenvalue weighted by atomic mass is 10.0. The number of nitrogens with one attached hydrogen (secondary N) is 1. The molecular weight excluding hydrogens is 378 g/mol. The van der Waals surface area contributed by atoms with Crippen LogP contribution in [0.2, 0.25) is 0 Å². The fraction of sp³-hybridized carbons (Fsp3) is 0.368. The van der Waals surface area contributed by atoms with Crippen molar-refractivity contribution in [1.82, 2.24) is 9.88 Å². The van der Waals surface area contributed by atoms with Gasteiger partial charge in [-0.15, -0.1) is 11.3 Å². The predicted molar refractivity (Wildman–Crippen MR) is 108 cm³/mol. The van der Waals surface area contributed by atoms with Crippen molar-refractivity contribution >= 4 is 40.0 Å². The van der Waals surface area contributed by atoms with Gasteiger partial charge in [0, 0.05) is 24.2 Å². The van der Waals surface area contributed by atoms with Crippen LogP contribution in [0.3, 0.4) is 0 Å². The van der Waals surface area contributed by atoms with E-state index in [2.05, 4.69) is 24.1 Å². The quantitative estimate of drug-likeness (QED) is 0.741. The van der Waals surface area contributed by atoms with Gasteiger partial charge in [-0.05, 0) is 23.6 Å². The van der Waals surface area contributed by atoms with Gasteiger partial charge in [-0.25, -0.2) is 9.78 Å². The van der Waals surface area contributed by atoms with E-state index in [4.69, 9.17) is 5.73 Å². The molecule has 0 bridgehead atoms. The number of rotatable bonds is 7. The molecule has 2 aromatic rings. The number of hydrogen-bond donors (Lipinski definition) is 2. The van der Waals surface area contributed by atoms with E-state index in [1.165, 1.54) is 21.8 Å². The van der Waals surface area contributed by atoms with E-state index in [9.17, 15) is 14.4 Å². The van der Waals surface area contributed by atoms with Crippen molar-refractivity contribution in [3.8, 4) is 0 Å². The number of carbonyl (C=O) groups is 3. The van der Waals surface area contributed by atoms with Gasteiger partial charge in [0.05, 0.1) is 12.1 Å². The minimum Gasteiger partial charge on any atom is -0.369 e. The summed E-state index contributed by atoms with van der Waals surface area (Å²) in [5.74, 6) is -0.379. The summed E-state index contributed by atoms with van der Waals surface area (Å²) in [5, 5.41) is 4.72. The average Bonchev–Trinajstić information content (AvgIpc) is 3.21. The van der Waals surface area contributed by atoms with Crippen LogP contribution < -0.4 is 16.0 Å². The van der Waals surface area contributed by atoms with Crippen LogP contribution in [0.1, 0.15) is 31.0 Å². The first-order chi connectivity index (χ1) is 13.3. The molecule has 2 heterocycles. The SMILES string of the molecule is CC(C)c1ccc(N2CCN(CC(=O)Nc3nc(CC(N)=O)cs3)C2=O)cc1. The number of thiazole rings is 1. The number of benzene rings is 1. The third-order valence-corrected chi connectivity index (χ3v) is 5.26. The van der Waals surface area contributed by atoms with E-state index < -0.39 is 5.91 Å². The highest BCUT2D eigenvalue weighted by atomic mass is 32.1. The Kier molecular flexibility index (Phi) is 5.93. The van der Waals surface area contributed by atoms with Crippen LogP contribution in [0, 0.1) is 0 Å². The summed E-state index contributed by atoms with van der Waals surface area (Å²) >= 11 is 1.21. The fourth-order valence-corrected chi connectivity index (χ4v) is 3.69. The Morgan fingerprint density at radius 2 is 1.96 bits per heavy atom. The Balaban J connectivity index is 1.56. The van der Waals surface area contributed by atoms with Crippen LogP contribution in [-0.2, 0) is 16.0 Å². The number of anilines is 2. The van der Waals surface area contributed by atoms with E-state index in [0.29, 0.717) is 29.8 Å². The first-order valence-corrected chi connectivity index (χ1v) is 9.90. The highest BCUT2D eigenvalue weighted by Crippen LogP contribution is 2.23. The zero-order chi connectivity index (χ0) is 20.3. The molecule has 1 aliphatic heterocycles. The monoisotopic (exact) mass is 401 g/mol. The zero-order valence-corrected chi connectivity index (χ0v) is 16.7. The van der Waals surface area contributed by atoms with Crippen molar-refractivity contribution in [1.29, 1.82) is 0 Å². The maximum atomic E-state index is 12.6. The van der Waals surface area contributed by atoms with Crippen LogP contribution in [0.5, 0.6) is 0 Å². The van der Waals surface area contributed by atoms with Crippen LogP contribution in [-0.4, -0.2) is 47.4 Å². The van der Waals surface area contributed by atoms with Crippen LogP contribution >= 0.6 is 11.3 Å². The molecule has 28 heavy (non-hydrogen) atoms. The van der Waals surface area contributed by atoms with Crippen LogP contribution in [0.15, 0.2) is 29.6 Å². The molecular formula is C19H23N5O3S. The topological polar surface area (TPSA) is 109 Å². The fourth-order valence-electron chi connectivity index (χ4n) is 2.96. The minimum atomic E-state index is -0.479. The van der Waals surface area contributed by atoms with Gasteiger partial charge in [0.1, 0.15) is 6.54 Å². The third-order valence-electron chi connectivity index (χ3n) is 4.45. The Bertz CT molecular complexity index is 878. The number of amides is 4. The molecule has 1 saturated heterocycles. The lowest BCUT2D eigenvalue weighted by Gasteiger charge is -2.19. The Labute approximate surface area is 167 Å². The summed E-state index contributed by atoms with van der Waals surface area (Å²) in [6.07, 6.45) is 0.0293. The number of hydrogen-bond acceptors (Lipinski definition) is 5. The summed E-state index contributed by atoms with van der Waals surface area (Å²) in [5.41, 5.74) is 7.69. The second kappa shape index (κ2) is 8.39. The predicted octanol–water partition coefficient (Wildman–Crippen LogP) is 2.17. The summed E-state index contributed by atoms with van der Waals surface area (Å²) in [6, 6.07) is 7.73. The molecule has 1 aliphatic rings. The standard InChI is InChI=1S/C19H23N5O3S/c1-12(2)13-3-5-15(6-4-13)24-8-7-23(19(24)27)10-17(26)22-18-21-14(11-28-18)9-16(20)25/h3-6,11-12H,7-10H2,1-2H3,(H2,20,25)(H,21,22,26). The molecule has 3 rings (SSSR count). The molecule has 0 aliphatic carbocycles. The third kappa shape index (κ3) is 4.66. The summed E-state index contributed by atoms with van der Waals surface area (Å²) in [6.45, 7) is 5.20. The maximum Gasteiger partial charge on any atom is 0.325 e. The molecule has 0 saturated carbocycles. The van der Waals surface area contributed by atoms with Gasteiger partial charge in [-0.1, -0.05) is 26.0 Å². The lowest BCUT2D eigenvalue weighted by Crippen LogP contribution is -2.37. The van der Waals surface area contributed by atoms with Gasteiger partial charge in [-0.3, -0.25) is 14.5 Å². The van der Waals surface area contributed by atoms with E-state index >= 15 is 0 Å². The molecule has 4 amide bonds. The second-order valence-electron chi connectivity index (χ2n) is 6.94. The van der Waals surface area contributed by atoms with Gasteiger partial charge in [0.15, 0.2) is 5.13 Å². The van der Waals surface area contributed by atoms with Crippen LogP contribution in [0.25, 0.3) is 0 Å². The first-order valence-electron chi connectivity index (χ1n) is 9.02. The normalized spacial score (nSPS) is 14.0. The van der Waals surface area contributed by atoms with E-state index in [-0.39, 0.29) is 24.9 Å². The van der Waals surface area contributed by atoms with Crippen molar-refractivity contribution in [2.75, 3.05) is 29.9 Å². The Morgan fingerprint density at radius 3 is 2.61 bits per heavy atom. The maximum absolute atomic E-state index is 12.6. The first kappa shape index (κ1) is 19.8. The molecule has 0 spiro atoms. The van der Waals surface area contributed by atoms with Gasteiger partial charge >= 0.3 is 6.03 Å². The minimum absolute atomic E-state index is 0.0293. The van der Waals surface area contributed by atoms with Gasteiger partial charge in [0.2, 0.25) is 11.8 Å². The van der Waals surface area contributed by atoms with Crippen molar-refractivity contribution in [2.45, 2.75) is 26.2 Å². The Hall–Kier alpha value is -2.94. The number of urea groups is 1. The summed E-state index contributed by atoms with van der Waals surface area (Å²) in [4.78, 5) is 43.1. The van der Waals surface area contributed by atoms with E-state index in [1.54, 1.807) is 10.3 Å². The smallest absolute Gasteiger partial charge is 0.325 e. The molecule has 1 aromatic carbocycles. The van der Waals surface area contributed by atoms with Gasteiger partial charge in [0.25, 0.3) is 0 Å². The molecule has 1 fully saturated rings. The lowest BCUT2D eigenvalue weighted by molar-refractivity contribution is -0.117.